The Morgan fingerprint density at radius 2 is 1.59 bits per heavy atom. The summed E-state index contributed by atoms with van der Waals surface area (Å²) in [5, 5.41) is 3.90. The Labute approximate surface area is 244 Å². The Bertz CT molecular complexity index is 1400. The zero-order chi connectivity index (χ0) is 28.6. The number of nitrogens with zero attached hydrogens (tertiary/aromatic N) is 2. The van der Waals surface area contributed by atoms with Gasteiger partial charge in [-0.1, -0.05) is 79.0 Å². The van der Waals surface area contributed by atoms with Gasteiger partial charge >= 0.3 is 0 Å². The summed E-state index contributed by atoms with van der Waals surface area (Å²) in [6.07, 6.45) is 1.02. The van der Waals surface area contributed by atoms with Gasteiger partial charge in [0.15, 0.2) is 0 Å². The molecule has 0 aliphatic rings. The Hall–Kier alpha value is -2.78. The zero-order valence-corrected chi connectivity index (χ0v) is 24.7. The molecule has 0 saturated carbocycles. The molecule has 2 amide bonds. The maximum atomic E-state index is 14.0. The maximum absolute atomic E-state index is 14.0. The van der Waals surface area contributed by atoms with Crippen LogP contribution in [-0.2, 0) is 26.2 Å². The molecule has 0 aromatic heterocycles. The van der Waals surface area contributed by atoms with Gasteiger partial charge in [-0.25, -0.2) is 8.42 Å². The highest BCUT2D eigenvalue weighted by Crippen LogP contribution is 2.28. The second-order valence-corrected chi connectivity index (χ2v) is 11.9. The first-order chi connectivity index (χ1) is 18.6. The second kappa shape index (κ2) is 14.0. The van der Waals surface area contributed by atoms with Crippen LogP contribution >= 0.6 is 34.8 Å². The zero-order valence-electron chi connectivity index (χ0n) is 21.6. The van der Waals surface area contributed by atoms with Crippen LogP contribution in [0.3, 0.4) is 0 Å². The highest BCUT2D eigenvalue weighted by molar-refractivity contribution is 7.92. The van der Waals surface area contributed by atoms with Crippen molar-refractivity contribution >= 4 is 62.3 Å². The minimum absolute atomic E-state index is 0.0119. The van der Waals surface area contributed by atoms with Crippen LogP contribution < -0.4 is 9.62 Å². The molecule has 39 heavy (non-hydrogen) atoms. The van der Waals surface area contributed by atoms with Crippen molar-refractivity contribution in [1.82, 2.24) is 10.2 Å². The molecule has 0 spiro atoms. The predicted octanol–water partition coefficient (Wildman–Crippen LogP) is 6.18. The topological polar surface area (TPSA) is 86.8 Å². The number of hydrogen-bond acceptors (Lipinski definition) is 4. The number of rotatable bonds is 12. The number of carbonyl (C=O) groups is 2. The fraction of sp³-hybridized carbons (Fsp3) is 0.286. The first-order valence-corrected chi connectivity index (χ1v) is 15.0. The van der Waals surface area contributed by atoms with E-state index < -0.39 is 28.5 Å². The van der Waals surface area contributed by atoms with Crippen molar-refractivity contribution in [3.05, 3.63) is 93.4 Å². The molecule has 3 rings (SSSR count). The lowest BCUT2D eigenvalue weighted by atomic mass is 10.1. The molecular weight excluding hydrogens is 581 g/mol. The van der Waals surface area contributed by atoms with Crippen LogP contribution in [0.5, 0.6) is 0 Å². The van der Waals surface area contributed by atoms with Gasteiger partial charge in [-0.15, -0.1) is 0 Å². The van der Waals surface area contributed by atoms with Gasteiger partial charge in [-0.3, -0.25) is 13.9 Å². The first kappa shape index (κ1) is 30.8. The fourth-order valence-corrected chi connectivity index (χ4v) is 6.08. The van der Waals surface area contributed by atoms with Crippen molar-refractivity contribution in [3.63, 3.8) is 0 Å². The van der Waals surface area contributed by atoms with Gasteiger partial charge < -0.3 is 10.2 Å². The van der Waals surface area contributed by atoms with Crippen molar-refractivity contribution < 1.29 is 18.0 Å². The van der Waals surface area contributed by atoms with E-state index in [1.165, 1.54) is 23.1 Å². The molecule has 0 saturated heterocycles. The van der Waals surface area contributed by atoms with E-state index in [0.29, 0.717) is 33.6 Å². The summed E-state index contributed by atoms with van der Waals surface area (Å²) in [4.78, 5) is 28.5. The number of amides is 2. The summed E-state index contributed by atoms with van der Waals surface area (Å²) in [5.41, 5.74) is 0.782. The van der Waals surface area contributed by atoms with Gasteiger partial charge in [-0.2, -0.15) is 0 Å². The molecule has 11 heteroatoms. The van der Waals surface area contributed by atoms with E-state index in [4.69, 9.17) is 34.8 Å². The molecule has 7 nitrogen and oxygen atoms in total. The lowest BCUT2D eigenvalue weighted by Gasteiger charge is -2.33. The Morgan fingerprint density at radius 1 is 0.897 bits per heavy atom. The predicted molar refractivity (Wildman–Crippen MR) is 157 cm³/mol. The average Bonchev–Trinajstić information content (AvgIpc) is 2.91. The van der Waals surface area contributed by atoms with Crippen LogP contribution in [0.25, 0.3) is 0 Å². The molecule has 208 valence electrons. The molecule has 0 bridgehead atoms. The first-order valence-electron chi connectivity index (χ1n) is 12.4. The molecule has 3 aromatic rings. The van der Waals surface area contributed by atoms with Crippen molar-refractivity contribution in [2.24, 2.45) is 0 Å². The number of carbonyl (C=O) groups excluding carboxylic acids is 2. The van der Waals surface area contributed by atoms with E-state index in [9.17, 15) is 18.0 Å². The summed E-state index contributed by atoms with van der Waals surface area (Å²) in [5.74, 6) is -0.919. The largest absolute Gasteiger partial charge is 0.354 e. The summed E-state index contributed by atoms with van der Waals surface area (Å²) in [7, 11) is -4.17. The number of nitrogens with one attached hydrogen (secondary N) is 1. The van der Waals surface area contributed by atoms with Crippen molar-refractivity contribution in [3.8, 4) is 0 Å². The molecule has 3 aromatic carbocycles. The Kier molecular flexibility index (Phi) is 11.1. The third-order valence-corrected chi connectivity index (χ3v) is 8.61. The summed E-state index contributed by atoms with van der Waals surface area (Å²) in [6.45, 7) is 3.56. The number of anilines is 1. The quantitative estimate of drug-likeness (QED) is 0.266. The van der Waals surface area contributed by atoms with Gasteiger partial charge in [0.05, 0.1) is 10.6 Å². The third kappa shape index (κ3) is 7.88. The number of sulfonamides is 1. The van der Waals surface area contributed by atoms with Crippen molar-refractivity contribution in [1.29, 1.82) is 0 Å². The molecule has 1 atom stereocenters. The molecular formula is C28H30Cl3N3O4S. The highest BCUT2D eigenvalue weighted by Gasteiger charge is 2.34. The van der Waals surface area contributed by atoms with E-state index >= 15 is 0 Å². The lowest BCUT2D eigenvalue weighted by Crippen LogP contribution is -2.52. The van der Waals surface area contributed by atoms with E-state index in [-0.39, 0.29) is 23.0 Å². The fourth-order valence-electron chi connectivity index (χ4n) is 4.00. The van der Waals surface area contributed by atoms with E-state index in [2.05, 4.69) is 5.32 Å². The smallest absolute Gasteiger partial charge is 0.264 e. The average molecular weight is 611 g/mol. The van der Waals surface area contributed by atoms with Gasteiger partial charge in [0.2, 0.25) is 11.8 Å². The van der Waals surface area contributed by atoms with E-state index in [0.717, 1.165) is 10.7 Å². The van der Waals surface area contributed by atoms with E-state index in [1.807, 2.05) is 6.92 Å². The van der Waals surface area contributed by atoms with Gasteiger partial charge in [0.1, 0.15) is 12.6 Å². The normalized spacial score (nSPS) is 12.0. The number of halogens is 3. The summed E-state index contributed by atoms with van der Waals surface area (Å²) in [6, 6.07) is 18.1. The Balaban J connectivity index is 2.06. The molecule has 1 N–H and O–H groups in total. The molecule has 0 fully saturated rings. The van der Waals surface area contributed by atoms with Crippen LogP contribution in [0.15, 0.2) is 77.7 Å². The third-order valence-electron chi connectivity index (χ3n) is 6.00. The number of benzene rings is 3. The molecule has 0 aliphatic carbocycles. The standard InChI is InChI=1S/C28H30Cl3N3O4S/c1-3-15-32-28(36)26(4-2)33(18-20-13-14-22(30)17-25(20)31)27(35)19-34(23-10-8-9-21(29)16-23)39(37,38)24-11-6-5-7-12-24/h5-14,16-17,26H,3-4,15,18-19H2,1-2H3,(H,32,36). The second-order valence-electron chi connectivity index (χ2n) is 8.78. The van der Waals surface area contributed by atoms with Gasteiger partial charge in [-0.05, 0) is 60.9 Å². The molecule has 0 heterocycles. The highest BCUT2D eigenvalue weighted by atomic mass is 35.5. The van der Waals surface area contributed by atoms with Crippen LogP contribution in [0.2, 0.25) is 15.1 Å². The molecule has 1 unspecified atom stereocenters. The van der Waals surface area contributed by atoms with Gasteiger partial charge in [0.25, 0.3) is 10.0 Å². The Morgan fingerprint density at radius 3 is 2.21 bits per heavy atom. The summed E-state index contributed by atoms with van der Waals surface area (Å²) < 4.78 is 28.5. The SMILES string of the molecule is CCCNC(=O)C(CC)N(Cc1ccc(Cl)cc1Cl)C(=O)CN(c1cccc(Cl)c1)S(=O)(=O)c1ccccc1. The minimum Gasteiger partial charge on any atom is -0.354 e. The molecule has 0 aliphatic heterocycles. The van der Waals surface area contributed by atoms with Gasteiger partial charge in [0, 0.05) is 28.2 Å². The summed E-state index contributed by atoms with van der Waals surface area (Å²) >= 11 is 18.7. The minimum atomic E-state index is -4.17. The van der Waals surface area contributed by atoms with Crippen LogP contribution in [-0.4, -0.2) is 44.3 Å². The lowest BCUT2D eigenvalue weighted by molar-refractivity contribution is -0.140. The van der Waals surface area contributed by atoms with Crippen molar-refractivity contribution in [2.75, 3.05) is 17.4 Å². The van der Waals surface area contributed by atoms with E-state index in [1.54, 1.807) is 61.5 Å². The molecule has 0 radical (unpaired) electrons. The maximum Gasteiger partial charge on any atom is 0.264 e. The monoisotopic (exact) mass is 609 g/mol. The van der Waals surface area contributed by atoms with Crippen LogP contribution in [0, 0.1) is 0 Å². The number of hydrogen-bond donors (Lipinski definition) is 1. The van der Waals surface area contributed by atoms with Crippen LogP contribution in [0.1, 0.15) is 32.3 Å². The van der Waals surface area contributed by atoms with Crippen LogP contribution in [0.4, 0.5) is 5.69 Å². The van der Waals surface area contributed by atoms with Crippen molar-refractivity contribution in [2.45, 2.75) is 44.2 Å².